The monoisotopic (exact) mass is 593 g/mol. The van der Waals surface area contributed by atoms with Crippen molar-refractivity contribution >= 4 is 34.9 Å². The Morgan fingerprint density at radius 1 is 0.791 bits per heavy atom. The van der Waals surface area contributed by atoms with Crippen LogP contribution in [0.2, 0.25) is 0 Å². The van der Waals surface area contributed by atoms with Crippen molar-refractivity contribution in [1.29, 1.82) is 0 Å². The van der Waals surface area contributed by atoms with E-state index >= 15 is 0 Å². The molecule has 4 atom stereocenters. The number of carbonyl (C=O) groups is 4. The number of amides is 3. The van der Waals surface area contributed by atoms with Gasteiger partial charge in [-0.3, -0.25) is 19.2 Å². The summed E-state index contributed by atoms with van der Waals surface area (Å²) < 4.78 is 5.37. The van der Waals surface area contributed by atoms with Crippen molar-refractivity contribution in [2.45, 2.75) is 96.4 Å². The number of nitrogen functional groups attached to an aromatic ring is 2. The lowest BCUT2D eigenvalue weighted by Crippen LogP contribution is -2.57. The van der Waals surface area contributed by atoms with Crippen LogP contribution in [0.25, 0.3) is 0 Å². The first kappa shape index (κ1) is 33.6. The lowest BCUT2D eigenvalue weighted by molar-refractivity contribution is -0.134. The van der Waals surface area contributed by atoms with Crippen LogP contribution in [0.3, 0.4) is 0 Å². The van der Waals surface area contributed by atoms with E-state index in [1.165, 1.54) is 0 Å². The maximum absolute atomic E-state index is 13.8. The highest BCUT2D eigenvalue weighted by Crippen LogP contribution is 2.29. The largest absolute Gasteiger partial charge is 0.399 e. The fraction of sp³-hybridized carbons (Fsp3) is 0.515. The van der Waals surface area contributed by atoms with Crippen LogP contribution in [0.15, 0.2) is 48.5 Å². The van der Waals surface area contributed by atoms with Gasteiger partial charge < -0.3 is 32.2 Å². The SMILES string of the molecule is CCCCCC(=O)NC(Cc1ccc(N)cc1)C(=O)NC(Cc1ccc(N)cc1)C(=O)NC(CC(C)C)C(=O)[C@@]1(C)CO1. The fourth-order valence-corrected chi connectivity index (χ4v) is 4.87. The first-order valence-electron chi connectivity index (χ1n) is 15.2. The predicted molar refractivity (Wildman–Crippen MR) is 168 cm³/mol. The van der Waals surface area contributed by atoms with Crippen LogP contribution < -0.4 is 27.4 Å². The third-order valence-electron chi connectivity index (χ3n) is 7.57. The molecule has 3 unspecified atom stereocenters. The average molecular weight is 594 g/mol. The molecule has 3 rings (SSSR count). The molecule has 234 valence electrons. The van der Waals surface area contributed by atoms with E-state index in [1.807, 2.05) is 13.8 Å². The Balaban J connectivity index is 1.84. The van der Waals surface area contributed by atoms with Crippen molar-refractivity contribution in [1.82, 2.24) is 16.0 Å². The van der Waals surface area contributed by atoms with Gasteiger partial charge in [-0.15, -0.1) is 0 Å². The maximum atomic E-state index is 13.8. The number of hydrogen-bond donors (Lipinski definition) is 5. The Morgan fingerprint density at radius 2 is 1.26 bits per heavy atom. The highest BCUT2D eigenvalue weighted by atomic mass is 16.6. The number of Topliss-reactive ketones (excluding diaryl/α,β-unsaturated/α-hetero) is 1. The lowest BCUT2D eigenvalue weighted by Gasteiger charge is -2.27. The summed E-state index contributed by atoms with van der Waals surface area (Å²) in [5.74, 6) is -1.28. The zero-order valence-electron chi connectivity index (χ0n) is 25.8. The van der Waals surface area contributed by atoms with Crippen molar-refractivity contribution in [3.63, 3.8) is 0 Å². The first-order valence-corrected chi connectivity index (χ1v) is 15.2. The van der Waals surface area contributed by atoms with E-state index in [2.05, 4.69) is 22.9 Å². The topological polar surface area (TPSA) is 169 Å². The average Bonchev–Trinajstić information content (AvgIpc) is 3.72. The summed E-state index contributed by atoms with van der Waals surface area (Å²) in [5, 5.41) is 8.63. The maximum Gasteiger partial charge on any atom is 0.243 e. The second kappa shape index (κ2) is 15.5. The number of ketones is 1. The Labute approximate surface area is 254 Å². The molecule has 0 aliphatic carbocycles. The van der Waals surface area contributed by atoms with E-state index in [-0.39, 0.29) is 30.4 Å². The molecule has 0 bridgehead atoms. The van der Waals surface area contributed by atoms with Gasteiger partial charge in [-0.25, -0.2) is 0 Å². The van der Waals surface area contributed by atoms with Gasteiger partial charge in [-0.05, 0) is 61.1 Å². The van der Waals surface area contributed by atoms with Gasteiger partial charge in [-0.2, -0.15) is 0 Å². The van der Waals surface area contributed by atoms with E-state index in [9.17, 15) is 19.2 Å². The number of carbonyl (C=O) groups excluding carboxylic acids is 4. The summed E-state index contributed by atoms with van der Waals surface area (Å²) in [6.45, 7) is 8.03. The highest BCUT2D eigenvalue weighted by molar-refractivity contribution is 5.98. The molecule has 1 heterocycles. The molecular formula is C33H47N5O5. The standard InChI is InChI=1S/C33H47N5O5/c1-5-6-7-8-29(39)36-27(18-22-9-13-24(34)14-10-22)31(41)38-28(19-23-11-15-25(35)16-12-23)32(42)37-26(17-21(2)3)30(40)33(4)20-43-33/h9-16,21,26-28H,5-8,17-20,34-35H2,1-4H3,(H,36,39)(H,37,42)(H,38,41)/t26?,27?,28?,33-/m1/s1. The summed E-state index contributed by atoms with van der Waals surface area (Å²) in [5.41, 5.74) is 13.5. The lowest BCUT2D eigenvalue weighted by atomic mass is 9.93. The van der Waals surface area contributed by atoms with Gasteiger partial charge in [-0.1, -0.05) is 57.9 Å². The molecule has 0 aromatic heterocycles. The Morgan fingerprint density at radius 3 is 1.70 bits per heavy atom. The molecule has 2 aromatic carbocycles. The Hall–Kier alpha value is -3.92. The van der Waals surface area contributed by atoms with Gasteiger partial charge in [0.05, 0.1) is 12.6 Å². The van der Waals surface area contributed by atoms with Crippen LogP contribution in [0, 0.1) is 5.92 Å². The molecule has 0 spiro atoms. The van der Waals surface area contributed by atoms with Crippen molar-refractivity contribution in [2.24, 2.45) is 5.92 Å². The zero-order chi connectivity index (χ0) is 31.6. The van der Waals surface area contributed by atoms with Gasteiger partial charge in [0.15, 0.2) is 5.78 Å². The van der Waals surface area contributed by atoms with Gasteiger partial charge in [0.1, 0.15) is 17.7 Å². The number of nitrogens with two attached hydrogens (primary N) is 2. The molecule has 1 saturated heterocycles. The van der Waals surface area contributed by atoms with E-state index in [4.69, 9.17) is 16.2 Å². The Kier molecular flexibility index (Phi) is 12.1. The smallest absolute Gasteiger partial charge is 0.243 e. The molecule has 1 fully saturated rings. The minimum absolute atomic E-state index is 0.133. The van der Waals surface area contributed by atoms with Crippen molar-refractivity contribution in [3.8, 4) is 0 Å². The molecule has 0 radical (unpaired) electrons. The van der Waals surface area contributed by atoms with Crippen LogP contribution in [-0.2, 0) is 36.8 Å². The minimum atomic E-state index is -1.02. The number of epoxide rings is 1. The number of rotatable bonds is 17. The normalized spacial score (nSPS) is 17.9. The molecule has 1 aliphatic heterocycles. The van der Waals surface area contributed by atoms with Crippen LogP contribution in [-0.4, -0.2) is 53.8 Å². The van der Waals surface area contributed by atoms with Crippen LogP contribution in [0.4, 0.5) is 11.4 Å². The van der Waals surface area contributed by atoms with E-state index in [0.29, 0.717) is 37.2 Å². The molecule has 10 heteroatoms. The zero-order valence-corrected chi connectivity index (χ0v) is 25.8. The van der Waals surface area contributed by atoms with Gasteiger partial charge in [0, 0.05) is 30.6 Å². The van der Waals surface area contributed by atoms with Crippen LogP contribution >= 0.6 is 0 Å². The molecule has 0 saturated carbocycles. The summed E-state index contributed by atoms with van der Waals surface area (Å²) in [6.07, 6.45) is 3.70. The molecule has 1 aliphatic rings. The predicted octanol–water partition coefficient (Wildman–Crippen LogP) is 3.08. The molecule has 2 aromatic rings. The number of benzene rings is 2. The molecule has 10 nitrogen and oxygen atoms in total. The Bertz CT molecular complexity index is 1240. The van der Waals surface area contributed by atoms with E-state index in [1.54, 1.807) is 55.5 Å². The second-order valence-electron chi connectivity index (χ2n) is 12.1. The van der Waals surface area contributed by atoms with Crippen molar-refractivity contribution < 1.29 is 23.9 Å². The third kappa shape index (κ3) is 10.7. The van der Waals surface area contributed by atoms with Crippen molar-refractivity contribution in [2.75, 3.05) is 18.1 Å². The fourth-order valence-electron chi connectivity index (χ4n) is 4.87. The van der Waals surface area contributed by atoms with E-state index in [0.717, 1.165) is 24.0 Å². The minimum Gasteiger partial charge on any atom is -0.399 e. The van der Waals surface area contributed by atoms with E-state index < -0.39 is 35.5 Å². The summed E-state index contributed by atoms with van der Waals surface area (Å²) >= 11 is 0. The van der Waals surface area contributed by atoms with Crippen LogP contribution in [0.5, 0.6) is 0 Å². The quantitative estimate of drug-likeness (QED) is 0.107. The number of nitrogens with one attached hydrogen (secondary N) is 3. The molecule has 43 heavy (non-hydrogen) atoms. The number of hydrogen-bond acceptors (Lipinski definition) is 7. The number of unbranched alkanes of at least 4 members (excludes halogenated alkanes) is 2. The molecule has 3 amide bonds. The number of anilines is 2. The third-order valence-corrected chi connectivity index (χ3v) is 7.57. The summed E-state index contributed by atoms with van der Waals surface area (Å²) in [7, 11) is 0. The van der Waals surface area contributed by atoms with Crippen LogP contribution in [0.1, 0.15) is 70.9 Å². The molecular weight excluding hydrogens is 546 g/mol. The highest BCUT2D eigenvalue weighted by Gasteiger charge is 2.50. The summed E-state index contributed by atoms with van der Waals surface area (Å²) in [6, 6.07) is 11.4. The molecule has 7 N–H and O–H groups in total. The van der Waals surface area contributed by atoms with Crippen molar-refractivity contribution in [3.05, 3.63) is 59.7 Å². The summed E-state index contributed by atoms with van der Waals surface area (Å²) in [4.78, 5) is 53.5. The van der Waals surface area contributed by atoms with Gasteiger partial charge >= 0.3 is 0 Å². The second-order valence-corrected chi connectivity index (χ2v) is 12.1. The number of ether oxygens (including phenoxy) is 1. The van der Waals surface area contributed by atoms with Gasteiger partial charge in [0.2, 0.25) is 17.7 Å². The first-order chi connectivity index (χ1) is 20.4. The van der Waals surface area contributed by atoms with Gasteiger partial charge in [0.25, 0.3) is 0 Å².